The Kier molecular flexibility index (Phi) is 8.65. The smallest absolute Gasteiger partial charge is 0.147 e. The summed E-state index contributed by atoms with van der Waals surface area (Å²) in [6, 6.07) is 12.3. The van der Waals surface area contributed by atoms with Crippen LogP contribution in [0, 0.1) is 23.7 Å². The number of likely N-dealkylation sites (tertiary alicyclic amines) is 1. The van der Waals surface area contributed by atoms with E-state index in [1.165, 1.54) is 11.1 Å². The van der Waals surface area contributed by atoms with Gasteiger partial charge in [-0.1, -0.05) is 35.8 Å². The van der Waals surface area contributed by atoms with Crippen LogP contribution in [0.15, 0.2) is 36.4 Å². The lowest BCUT2D eigenvalue weighted by Gasteiger charge is -2.39. The molecule has 6 rings (SSSR count). The molecule has 3 heterocycles. The molecule has 43 heavy (non-hydrogen) atoms. The van der Waals surface area contributed by atoms with E-state index in [2.05, 4.69) is 59.9 Å². The molecular weight excluding hydrogens is 550 g/mol. The fourth-order valence-corrected chi connectivity index (χ4v) is 6.88. The summed E-state index contributed by atoms with van der Waals surface area (Å²) in [7, 11) is 2.13. The van der Waals surface area contributed by atoms with Gasteiger partial charge in [-0.2, -0.15) is 0 Å². The molecule has 0 amide bonds. The van der Waals surface area contributed by atoms with Gasteiger partial charge in [-0.3, -0.25) is 0 Å². The normalized spacial score (nSPS) is 33.1. The number of hydrogen-bond acceptors (Lipinski definition) is 9. The number of rotatable bonds is 2. The van der Waals surface area contributed by atoms with Gasteiger partial charge in [0.1, 0.15) is 24.4 Å². The molecule has 0 unspecified atom stereocenters. The van der Waals surface area contributed by atoms with E-state index < -0.39 is 48.8 Å². The zero-order valence-corrected chi connectivity index (χ0v) is 24.2. The van der Waals surface area contributed by atoms with E-state index >= 15 is 0 Å². The fourth-order valence-electron chi connectivity index (χ4n) is 6.88. The number of nitrogens with zero attached hydrogens (tertiary/aromatic N) is 1. The molecule has 1 aliphatic carbocycles. The van der Waals surface area contributed by atoms with Crippen molar-refractivity contribution in [1.29, 1.82) is 0 Å². The van der Waals surface area contributed by atoms with E-state index in [1.54, 1.807) is 0 Å². The third-order valence-electron chi connectivity index (χ3n) is 9.42. The molecule has 0 aromatic heterocycles. The minimum Gasteiger partial charge on any atom is -0.394 e. The standard InChI is InChI=1S/C34H39NO8/c1-35-12-10-34(11-13-35)26-14-20(4-8-30-32(40)28(38)16-22(18-36)42-30)2-6-24(26)25-7-3-21(15-27(25)34)5-9-31-33(41)29(39)17-23(19-37)43-31/h2-3,6-7,14-15,22-23,28-33,36-41H,10-13,16-19H2,1H3/t22-,23-,28-,29-,30+,31+,32-,33-/m0/s1. The van der Waals surface area contributed by atoms with Crippen molar-refractivity contribution in [2.45, 2.75) is 79.9 Å². The third kappa shape index (κ3) is 5.74. The van der Waals surface area contributed by atoms with E-state index in [9.17, 15) is 30.6 Å². The average Bonchev–Trinajstić information content (AvgIpc) is 3.27. The first-order valence-electron chi connectivity index (χ1n) is 15.0. The summed E-state index contributed by atoms with van der Waals surface area (Å²) in [5, 5.41) is 60.2. The van der Waals surface area contributed by atoms with Crippen LogP contribution in [-0.4, -0.2) is 118 Å². The van der Waals surface area contributed by atoms with Crippen LogP contribution in [0.1, 0.15) is 47.9 Å². The second kappa shape index (κ2) is 12.3. The van der Waals surface area contributed by atoms with Crippen molar-refractivity contribution in [3.8, 4) is 34.8 Å². The predicted molar refractivity (Wildman–Crippen MR) is 158 cm³/mol. The van der Waals surface area contributed by atoms with E-state index in [1.807, 2.05) is 12.1 Å². The summed E-state index contributed by atoms with van der Waals surface area (Å²) < 4.78 is 11.4. The minimum atomic E-state index is -1.15. The zero-order valence-electron chi connectivity index (χ0n) is 24.2. The van der Waals surface area contributed by atoms with E-state index in [0.29, 0.717) is 0 Å². The Balaban J connectivity index is 1.33. The lowest BCUT2D eigenvalue weighted by Crippen LogP contribution is -2.48. The molecule has 9 nitrogen and oxygen atoms in total. The molecule has 0 radical (unpaired) electrons. The Morgan fingerprint density at radius 3 is 1.60 bits per heavy atom. The molecule has 9 heteroatoms. The van der Waals surface area contributed by atoms with Crippen LogP contribution in [0.4, 0.5) is 0 Å². The van der Waals surface area contributed by atoms with Gasteiger partial charge in [-0.25, -0.2) is 0 Å². The Morgan fingerprint density at radius 1 is 0.744 bits per heavy atom. The Labute approximate surface area is 251 Å². The van der Waals surface area contributed by atoms with E-state index in [0.717, 1.165) is 48.2 Å². The highest BCUT2D eigenvalue weighted by atomic mass is 16.5. The van der Waals surface area contributed by atoms with Gasteiger partial charge in [-0.05, 0) is 79.5 Å². The maximum absolute atomic E-state index is 10.4. The summed E-state index contributed by atoms with van der Waals surface area (Å²) in [4.78, 5) is 2.33. The van der Waals surface area contributed by atoms with Gasteiger partial charge >= 0.3 is 0 Å². The first-order valence-corrected chi connectivity index (χ1v) is 15.0. The van der Waals surface area contributed by atoms with Crippen LogP contribution in [0.2, 0.25) is 0 Å². The van der Waals surface area contributed by atoms with E-state index in [4.69, 9.17) is 9.47 Å². The zero-order chi connectivity index (χ0) is 30.3. The molecule has 3 aliphatic heterocycles. The third-order valence-corrected chi connectivity index (χ3v) is 9.42. The Bertz CT molecular complexity index is 1360. The number of fused-ring (bicyclic) bond motifs is 5. The molecule has 6 N–H and O–H groups in total. The van der Waals surface area contributed by atoms with Gasteiger partial charge < -0.3 is 45.0 Å². The summed E-state index contributed by atoms with van der Waals surface area (Å²) in [6.45, 7) is 1.36. The van der Waals surface area contributed by atoms with Crippen molar-refractivity contribution in [3.05, 3.63) is 58.7 Å². The monoisotopic (exact) mass is 589 g/mol. The molecule has 228 valence electrons. The first-order chi connectivity index (χ1) is 20.7. The van der Waals surface area contributed by atoms with Crippen LogP contribution in [0.25, 0.3) is 11.1 Å². The van der Waals surface area contributed by atoms with Crippen LogP contribution in [0.5, 0.6) is 0 Å². The van der Waals surface area contributed by atoms with Gasteiger partial charge in [0.15, 0.2) is 0 Å². The largest absolute Gasteiger partial charge is 0.394 e. The number of aliphatic hydroxyl groups excluding tert-OH is 6. The number of aliphatic hydroxyl groups is 6. The highest BCUT2D eigenvalue weighted by Gasteiger charge is 2.45. The molecule has 2 aromatic carbocycles. The van der Waals surface area contributed by atoms with Crippen LogP contribution >= 0.6 is 0 Å². The minimum absolute atomic E-state index is 0.162. The van der Waals surface area contributed by atoms with Crippen LogP contribution < -0.4 is 0 Å². The highest BCUT2D eigenvalue weighted by Crippen LogP contribution is 2.54. The lowest BCUT2D eigenvalue weighted by atomic mass is 9.70. The Morgan fingerprint density at radius 2 is 1.19 bits per heavy atom. The van der Waals surface area contributed by atoms with Crippen LogP contribution in [-0.2, 0) is 14.9 Å². The molecule has 8 atom stereocenters. The van der Waals surface area contributed by atoms with Crippen LogP contribution in [0.3, 0.4) is 0 Å². The van der Waals surface area contributed by atoms with Crippen molar-refractivity contribution in [2.75, 3.05) is 33.4 Å². The van der Waals surface area contributed by atoms with Gasteiger partial charge in [-0.15, -0.1) is 0 Å². The lowest BCUT2D eigenvalue weighted by molar-refractivity contribution is -0.157. The quantitative estimate of drug-likeness (QED) is 0.270. The SMILES string of the molecule is CN1CCC2(CC1)c1cc(C#C[C@H]3O[C@H](CO)C[C@H](O)[C@@H]3O)ccc1-c1ccc(C#C[C@H]3O[C@H](CO)C[C@H](O)[C@@H]3O)cc12. The predicted octanol–water partition coefficient (Wildman–Crippen LogP) is 0.125. The van der Waals surface area contributed by atoms with Crippen molar-refractivity contribution in [1.82, 2.24) is 4.90 Å². The van der Waals surface area contributed by atoms with Crippen molar-refractivity contribution >= 4 is 0 Å². The number of hydrogen-bond donors (Lipinski definition) is 6. The topological polar surface area (TPSA) is 143 Å². The summed E-state index contributed by atoms with van der Waals surface area (Å²) in [5.74, 6) is 12.2. The highest BCUT2D eigenvalue weighted by molar-refractivity contribution is 5.82. The number of benzene rings is 2. The van der Waals surface area contributed by atoms with Crippen molar-refractivity contribution in [3.63, 3.8) is 0 Å². The number of ether oxygens (including phenoxy) is 2. The second-order valence-electron chi connectivity index (χ2n) is 12.3. The van der Waals surface area contributed by atoms with Crippen molar-refractivity contribution < 1.29 is 40.1 Å². The molecule has 3 fully saturated rings. The molecule has 1 spiro atoms. The maximum atomic E-state index is 10.4. The average molecular weight is 590 g/mol. The molecule has 0 bridgehead atoms. The van der Waals surface area contributed by atoms with Gasteiger partial charge in [0.25, 0.3) is 0 Å². The molecule has 3 saturated heterocycles. The van der Waals surface area contributed by atoms with Gasteiger partial charge in [0.05, 0.1) is 37.6 Å². The molecule has 0 saturated carbocycles. The second-order valence-corrected chi connectivity index (χ2v) is 12.3. The molecule has 2 aromatic rings. The molecule has 4 aliphatic rings. The van der Waals surface area contributed by atoms with Gasteiger partial charge in [0.2, 0.25) is 0 Å². The fraction of sp³-hybridized carbons (Fsp3) is 0.529. The van der Waals surface area contributed by atoms with Crippen molar-refractivity contribution in [2.24, 2.45) is 0 Å². The number of piperidine rings is 1. The first kappa shape index (κ1) is 30.2. The summed E-state index contributed by atoms with van der Waals surface area (Å²) in [6.07, 6.45) is -5.08. The Hall–Kier alpha value is -2.80. The maximum Gasteiger partial charge on any atom is 0.147 e. The molecular formula is C34H39NO8. The summed E-state index contributed by atoms with van der Waals surface area (Å²) in [5.41, 5.74) is 6.02. The summed E-state index contributed by atoms with van der Waals surface area (Å²) >= 11 is 0. The van der Waals surface area contributed by atoms with E-state index in [-0.39, 0.29) is 31.5 Å². The van der Waals surface area contributed by atoms with Gasteiger partial charge in [0, 0.05) is 29.4 Å².